The minimum Gasteiger partial charge on any atom is -0.397 e. The number of aromatic nitrogens is 1. The maximum absolute atomic E-state index is 6.05. The van der Waals surface area contributed by atoms with Gasteiger partial charge in [-0.2, -0.15) is 0 Å². The number of nitrogens with zero attached hydrogens (tertiary/aromatic N) is 2. The van der Waals surface area contributed by atoms with Gasteiger partial charge < -0.3 is 10.6 Å². The second-order valence-corrected chi connectivity index (χ2v) is 4.11. The molecule has 0 aliphatic rings. The summed E-state index contributed by atoms with van der Waals surface area (Å²) < 4.78 is 0. The van der Waals surface area contributed by atoms with Gasteiger partial charge in [-0.1, -0.05) is 31.4 Å². The molecule has 15 heavy (non-hydrogen) atoms. The van der Waals surface area contributed by atoms with Crippen LogP contribution in [0.5, 0.6) is 0 Å². The lowest BCUT2D eigenvalue weighted by molar-refractivity contribution is 0.701. The predicted octanol–water partition coefficient (Wildman–Crippen LogP) is 2.94. The van der Waals surface area contributed by atoms with Crippen molar-refractivity contribution in [1.29, 1.82) is 0 Å². The lowest BCUT2D eigenvalue weighted by Gasteiger charge is -2.19. The SMILES string of the molecule is CCCCCN(C)c1ncc(N)cc1Cl. The third-order valence-electron chi connectivity index (χ3n) is 2.30. The molecule has 84 valence electrons. The van der Waals surface area contributed by atoms with E-state index in [1.807, 2.05) is 7.05 Å². The highest BCUT2D eigenvalue weighted by Gasteiger charge is 2.07. The van der Waals surface area contributed by atoms with Crippen LogP contribution in [0.25, 0.3) is 0 Å². The van der Waals surface area contributed by atoms with E-state index in [1.54, 1.807) is 12.3 Å². The highest BCUT2D eigenvalue weighted by molar-refractivity contribution is 6.33. The van der Waals surface area contributed by atoms with Crippen LogP contribution in [-0.2, 0) is 0 Å². The summed E-state index contributed by atoms with van der Waals surface area (Å²) in [7, 11) is 2.00. The van der Waals surface area contributed by atoms with Crippen LogP contribution < -0.4 is 10.6 Å². The van der Waals surface area contributed by atoms with Gasteiger partial charge in [0.25, 0.3) is 0 Å². The molecular weight excluding hydrogens is 210 g/mol. The van der Waals surface area contributed by atoms with E-state index < -0.39 is 0 Å². The summed E-state index contributed by atoms with van der Waals surface area (Å²) >= 11 is 6.05. The highest BCUT2D eigenvalue weighted by atomic mass is 35.5. The lowest BCUT2D eigenvalue weighted by Crippen LogP contribution is -2.20. The number of pyridine rings is 1. The molecule has 0 saturated heterocycles. The van der Waals surface area contributed by atoms with E-state index in [4.69, 9.17) is 17.3 Å². The van der Waals surface area contributed by atoms with Crippen molar-refractivity contribution in [1.82, 2.24) is 4.98 Å². The molecule has 0 bridgehead atoms. The van der Waals surface area contributed by atoms with E-state index in [1.165, 1.54) is 12.8 Å². The number of hydrogen-bond donors (Lipinski definition) is 1. The molecule has 1 heterocycles. The molecule has 0 spiro atoms. The smallest absolute Gasteiger partial charge is 0.147 e. The fraction of sp³-hybridized carbons (Fsp3) is 0.545. The van der Waals surface area contributed by atoms with Gasteiger partial charge in [0.1, 0.15) is 5.82 Å². The lowest BCUT2D eigenvalue weighted by atomic mass is 10.2. The van der Waals surface area contributed by atoms with Gasteiger partial charge in [-0.15, -0.1) is 0 Å². The third-order valence-corrected chi connectivity index (χ3v) is 2.58. The minimum absolute atomic E-state index is 0.603. The van der Waals surface area contributed by atoms with E-state index in [9.17, 15) is 0 Å². The second-order valence-electron chi connectivity index (χ2n) is 3.70. The molecule has 0 amide bonds. The largest absolute Gasteiger partial charge is 0.397 e. The average molecular weight is 228 g/mol. The average Bonchev–Trinajstić information content (AvgIpc) is 2.17. The van der Waals surface area contributed by atoms with E-state index in [0.29, 0.717) is 10.7 Å². The number of nitrogen functional groups attached to an aromatic ring is 1. The van der Waals surface area contributed by atoms with E-state index in [0.717, 1.165) is 18.8 Å². The number of unbranched alkanes of at least 4 members (excludes halogenated alkanes) is 2. The van der Waals surface area contributed by atoms with Crippen LogP contribution in [0.4, 0.5) is 11.5 Å². The summed E-state index contributed by atoms with van der Waals surface area (Å²) in [5, 5.41) is 0.619. The summed E-state index contributed by atoms with van der Waals surface area (Å²) in [5.41, 5.74) is 6.19. The van der Waals surface area contributed by atoms with Crippen molar-refractivity contribution in [3.05, 3.63) is 17.3 Å². The van der Waals surface area contributed by atoms with E-state index in [2.05, 4.69) is 16.8 Å². The molecular formula is C11H18ClN3. The molecule has 0 aliphatic carbocycles. The summed E-state index contributed by atoms with van der Waals surface area (Å²) in [6, 6.07) is 1.74. The quantitative estimate of drug-likeness (QED) is 0.787. The van der Waals surface area contributed by atoms with Gasteiger partial charge in [-0.3, -0.25) is 0 Å². The van der Waals surface area contributed by atoms with Crippen LogP contribution in [0, 0.1) is 0 Å². The molecule has 3 nitrogen and oxygen atoms in total. The van der Waals surface area contributed by atoms with Gasteiger partial charge in [-0.25, -0.2) is 4.98 Å². The molecule has 4 heteroatoms. The summed E-state index contributed by atoms with van der Waals surface area (Å²) in [6.45, 7) is 3.17. The Kier molecular flexibility index (Phi) is 4.69. The van der Waals surface area contributed by atoms with Gasteiger partial charge in [0.05, 0.1) is 16.9 Å². The first kappa shape index (κ1) is 12.1. The Morgan fingerprint density at radius 2 is 2.20 bits per heavy atom. The molecule has 0 unspecified atom stereocenters. The molecule has 1 aromatic heterocycles. The Labute approximate surface area is 96.2 Å². The fourth-order valence-corrected chi connectivity index (χ4v) is 1.75. The zero-order valence-electron chi connectivity index (χ0n) is 9.33. The predicted molar refractivity (Wildman–Crippen MR) is 66.5 cm³/mol. The molecule has 0 saturated carbocycles. The van der Waals surface area contributed by atoms with Crippen LogP contribution in [0.1, 0.15) is 26.2 Å². The molecule has 1 aromatic rings. The van der Waals surface area contributed by atoms with Crippen molar-refractivity contribution in [2.24, 2.45) is 0 Å². The van der Waals surface area contributed by atoms with Crippen LogP contribution >= 0.6 is 11.6 Å². The maximum Gasteiger partial charge on any atom is 0.147 e. The molecule has 0 aromatic carbocycles. The van der Waals surface area contributed by atoms with Crippen LogP contribution in [0.2, 0.25) is 5.02 Å². The van der Waals surface area contributed by atoms with Crippen molar-refractivity contribution < 1.29 is 0 Å². The first-order valence-electron chi connectivity index (χ1n) is 5.27. The van der Waals surface area contributed by atoms with Gasteiger partial charge in [0, 0.05) is 13.6 Å². The highest BCUT2D eigenvalue weighted by Crippen LogP contribution is 2.24. The summed E-state index contributed by atoms with van der Waals surface area (Å²) in [6.07, 6.45) is 5.25. The Hall–Kier alpha value is -0.960. The summed E-state index contributed by atoms with van der Waals surface area (Å²) in [5.74, 6) is 0.807. The molecule has 2 N–H and O–H groups in total. The number of nitrogens with two attached hydrogens (primary N) is 1. The second kappa shape index (κ2) is 5.81. The first-order valence-corrected chi connectivity index (χ1v) is 5.65. The van der Waals surface area contributed by atoms with Crippen LogP contribution in [0.15, 0.2) is 12.3 Å². The van der Waals surface area contributed by atoms with Crippen molar-refractivity contribution in [3.8, 4) is 0 Å². The Bertz CT molecular complexity index is 315. The topological polar surface area (TPSA) is 42.2 Å². The van der Waals surface area contributed by atoms with Crippen molar-refractivity contribution in [2.45, 2.75) is 26.2 Å². The molecule has 0 aliphatic heterocycles. The molecule has 0 radical (unpaired) electrons. The van der Waals surface area contributed by atoms with Crippen LogP contribution in [0.3, 0.4) is 0 Å². The Balaban J connectivity index is 2.61. The number of halogens is 1. The van der Waals surface area contributed by atoms with Crippen molar-refractivity contribution >= 4 is 23.1 Å². The number of anilines is 2. The van der Waals surface area contributed by atoms with Crippen LogP contribution in [-0.4, -0.2) is 18.6 Å². The molecule has 1 rings (SSSR count). The fourth-order valence-electron chi connectivity index (χ4n) is 1.43. The number of hydrogen-bond acceptors (Lipinski definition) is 3. The van der Waals surface area contributed by atoms with E-state index >= 15 is 0 Å². The first-order chi connectivity index (χ1) is 7.15. The van der Waals surface area contributed by atoms with Crippen molar-refractivity contribution in [2.75, 3.05) is 24.2 Å². The summed E-state index contributed by atoms with van der Waals surface area (Å²) in [4.78, 5) is 6.29. The number of rotatable bonds is 5. The third kappa shape index (κ3) is 3.59. The standard InChI is InChI=1S/C11H18ClN3/c1-3-4-5-6-15(2)11-10(12)7-9(13)8-14-11/h7-8H,3-6,13H2,1-2H3. The zero-order valence-corrected chi connectivity index (χ0v) is 10.1. The Morgan fingerprint density at radius 3 is 2.80 bits per heavy atom. The van der Waals surface area contributed by atoms with E-state index in [-0.39, 0.29) is 0 Å². The van der Waals surface area contributed by atoms with Gasteiger partial charge in [0.2, 0.25) is 0 Å². The van der Waals surface area contributed by atoms with Gasteiger partial charge in [-0.05, 0) is 12.5 Å². The normalized spacial score (nSPS) is 10.3. The molecule has 0 fully saturated rings. The van der Waals surface area contributed by atoms with Gasteiger partial charge in [0.15, 0.2) is 0 Å². The molecule has 0 atom stereocenters. The Morgan fingerprint density at radius 1 is 1.47 bits per heavy atom. The maximum atomic E-state index is 6.05. The minimum atomic E-state index is 0.603. The zero-order chi connectivity index (χ0) is 11.3. The van der Waals surface area contributed by atoms with Crippen molar-refractivity contribution in [3.63, 3.8) is 0 Å². The van der Waals surface area contributed by atoms with Gasteiger partial charge >= 0.3 is 0 Å². The monoisotopic (exact) mass is 227 g/mol.